The Balaban J connectivity index is 1.53. The predicted molar refractivity (Wildman–Crippen MR) is 123 cm³/mol. The summed E-state index contributed by atoms with van der Waals surface area (Å²) in [5.41, 5.74) is 6.43. The van der Waals surface area contributed by atoms with Gasteiger partial charge in [-0.15, -0.1) is 0 Å². The standard InChI is InChI=1S/C27H23FN2O/c1-18-19(2)30(16-21-7-10-22-5-3-4-6-23(22)15-21)27-25(13-14-29-26(18)27)31-17-20-8-11-24(28)12-9-20/h3-15H,16-17H2,1-2H3. The Morgan fingerprint density at radius 2 is 1.61 bits per heavy atom. The molecular weight excluding hydrogens is 387 g/mol. The predicted octanol–water partition coefficient (Wildman–Crippen LogP) is 6.57. The zero-order valence-electron chi connectivity index (χ0n) is 17.6. The Kier molecular flexibility index (Phi) is 4.91. The highest BCUT2D eigenvalue weighted by atomic mass is 19.1. The first-order valence-corrected chi connectivity index (χ1v) is 10.4. The van der Waals surface area contributed by atoms with Gasteiger partial charge in [0, 0.05) is 24.5 Å². The fourth-order valence-corrected chi connectivity index (χ4v) is 4.09. The number of benzene rings is 3. The van der Waals surface area contributed by atoms with Gasteiger partial charge in [-0.3, -0.25) is 4.98 Å². The maximum Gasteiger partial charge on any atom is 0.147 e. The second kappa shape index (κ2) is 7.88. The van der Waals surface area contributed by atoms with E-state index in [2.05, 4.69) is 65.9 Å². The number of fused-ring (bicyclic) bond motifs is 2. The Morgan fingerprint density at radius 3 is 2.42 bits per heavy atom. The van der Waals surface area contributed by atoms with Gasteiger partial charge in [0.05, 0.1) is 5.52 Å². The summed E-state index contributed by atoms with van der Waals surface area (Å²) in [5, 5.41) is 2.47. The van der Waals surface area contributed by atoms with Crippen molar-refractivity contribution in [1.82, 2.24) is 9.55 Å². The van der Waals surface area contributed by atoms with Crippen LogP contribution in [0.5, 0.6) is 5.75 Å². The van der Waals surface area contributed by atoms with Gasteiger partial charge in [-0.25, -0.2) is 4.39 Å². The molecule has 2 aromatic heterocycles. The number of nitrogens with zero attached hydrogens (tertiary/aromatic N) is 2. The van der Waals surface area contributed by atoms with Crippen molar-refractivity contribution in [2.24, 2.45) is 0 Å². The molecule has 0 saturated heterocycles. The molecule has 0 N–H and O–H groups in total. The van der Waals surface area contributed by atoms with Gasteiger partial charge in [0.1, 0.15) is 23.7 Å². The van der Waals surface area contributed by atoms with E-state index >= 15 is 0 Å². The van der Waals surface area contributed by atoms with Crippen molar-refractivity contribution < 1.29 is 9.13 Å². The first-order valence-electron chi connectivity index (χ1n) is 10.4. The van der Waals surface area contributed by atoms with Crippen molar-refractivity contribution in [2.45, 2.75) is 27.0 Å². The van der Waals surface area contributed by atoms with Crippen LogP contribution < -0.4 is 4.74 Å². The van der Waals surface area contributed by atoms with E-state index in [1.54, 1.807) is 18.3 Å². The van der Waals surface area contributed by atoms with E-state index in [1.165, 1.54) is 34.2 Å². The summed E-state index contributed by atoms with van der Waals surface area (Å²) in [6.45, 7) is 5.34. The average Bonchev–Trinajstić information content (AvgIpc) is 3.04. The maximum atomic E-state index is 13.2. The summed E-state index contributed by atoms with van der Waals surface area (Å²) < 4.78 is 21.7. The van der Waals surface area contributed by atoms with Crippen LogP contribution in [0.3, 0.4) is 0 Å². The first-order chi connectivity index (χ1) is 15.1. The van der Waals surface area contributed by atoms with Crippen LogP contribution in [0.15, 0.2) is 79.0 Å². The number of aromatic nitrogens is 2. The highest BCUT2D eigenvalue weighted by Crippen LogP contribution is 2.32. The van der Waals surface area contributed by atoms with Gasteiger partial charge in [-0.05, 0) is 59.5 Å². The molecule has 5 rings (SSSR count). The summed E-state index contributed by atoms with van der Waals surface area (Å²) >= 11 is 0. The van der Waals surface area contributed by atoms with Crippen LogP contribution in [0.1, 0.15) is 22.4 Å². The Labute approximate surface area is 180 Å². The van der Waals surface area contributed by atoms with E-state index in [4.69, 9.17) is 4.74 Å². The average molecular weight is 410 g/mol. The molecule has 154 valence electrons. The van der Waals surface area contributed by atoms with Crippen molar-refractivity contribution in [3.63, 3.8) is 0 Å². The monoisotopic (exact) mass is 410 g/mol. The smallest absolute Gasteiger partial charge is 0.147 e. The lowest BCUT2D eigenvalue weighted by atomic mass is 10.1. The number of hydrogen-bond acceptors (Lipinski definition) is 2. The van der Waals surface area contributed by atoms with Crippen LogP contribution in [0.2, 0.25) is 0 Å². The molecule has 2 heterocycles. The van der Waals surface area contributed by atoms with Crippen LogP contribution >= 0.6 is 0 Å². The van der Waals surface area contributed by atoms with E-state index in [0.29, 0.717) is 6.61 Å². The number of hydrogen-bond donors (Lipinski definition) is 0. The Hall–Kier alpha value is -3.66. The minimum atomic E-state index is -0.245. The van der Waals surface area contributed by atoms with Crippen LogP contribution in [-0.2, 0) is 13.2 Å². The van der Waals surface area contributed by atoms with Gasteiger partial charge < -0.3 is 9.30 Å². The maximum absolute atomic E-state index is 13.2. The zero-order chi connectivity index (χ0) is 21.4. The SMILES string of the molecule is Cc1c(C)n(Cc2ccc3ccccc3c2)c2c(OCc3ccc(F)cc3)ccnc12. The lowest BCUT2D eigenvalue weighted by Gasteiger charge is -2.13. The lowest BCUT2D eigenvalue weighted by molar-refractivity contribution is 0.308. The third-order valence-corrected chi connectivity index (χ3v) is 5.92. The molecule has 3 nitrogen and oxygen atoms in total. The van der Waals surface area contributed by atoms with E-state index in [-0.39, 0.29) is 5.82 Å². The van der Waals surface area contributed by atoms with E-state index in [1.807, 2.05) is 6.07 Å². The zero-order valence-corrected chi connectivity index (χ0v) is 17.6. The van der Waals surface area contributed by atoms with E-state index in [9.17, 15) is 4.39 Å². The van der Waals surface area contributed by atoms with Crippen molar-refractivity contribution in [3.05, 3.63) is 107 Å². The molecule has 0 unspecified atom stereocenters. The Bertz CT molecular complexity index is 1390. The topological polar surface area (TPSA) is 27.1 Å². The normalized spacial score (nSPS) is 11.3. The second-order valence-corrected chi connectivity index (χ2v) is 7.90. The summed E-state index contributed by atoms with van der Waals surface area (Å²) in [7, 11) is 0. The molecule has 0 radical (unpaired) electrons. The number of pyridine rings is 1. The Morgan fingerprint density at radius 1 is 0.871 bits per heavy atom. The van der Waals surface area contributed by atoms with E-state index in [0.717, 1.165) is 34.5 Å². The highest BCUT2D eigenvalue weighted by Gasteiger charge is 2.17. The quantitative estimate of drug-likeness (QED) is 0.327. The minimum Gasteiger partial charge on any atom is -0.487 e. The summed E-state index contributed by atoms with van der Waals surface area (Å²) in [4.78, 5) is 4.63. The molecule has 0 fully saturated rings. The van der Waals surface area contributed by atoms with Crippen molar-refractivity contribution in [1.29, 1.82) is 0 Å². The van der Waals surface area contributed by atoms with E-state index < -0.39 is 0 Å². The van der Waals surface area contributed by atoms with Crippen LogP contribution in [0.4, 0.5) is 4.39 Å². The molecule has 0 saturated carbocycles. The van der Waals surface area contributed by atoms with Gasteiger partial charge in [0.25, 0.3) is 0 Å². The first kappa shape index (κ1) is 19.3. The molecule has 31 heavy (non-hydrogen) atoms. The number of aryl methyl sites for hydroxylation is 1. The highest BCUT2D eigenvalue weighted by molar-refractivity contribution is 5.87. The molecule has 0 atom stereocenters. The van der Waals surface area contributed by atoms with Gasteiger partial charge in [0.2, 0.25) is 0 Å². The number of rotatable bonds is 5. The molecule has 0 amide bonds. The van der Waals surface area contributed by atoms with Gasteiger partial charge in [0.15, 0.2) is 0 Å². The largest absolute Gasteiger partial charge is 0.487 e. The molecular formula is C27H23FN2O. The number of ether oxygens (including phenoxy) is 1. The summed E-state index contributed by atoms with van der Waals surface area (Å²) in [6, 6.07) is 23.3. The molecule has 3 aromatic carbocycles. The second-order valence-electron chi connectivity index (χ2n) is 7.90. The fraction of sp³-hybridized carbons (Fsp3) is 0.148. The summed E-state index contributed by atoms with van der Waals surface area (Å²) in [6.07, 6.45) is 1.79. The molecule has 0 aliphatic carbocycles. The molecule has 4 heteroatoms. The van der Waals surface area contributed by atoms with Crippen molar-refractivity contribution >= 4 is 21.8 Å². The number of halogens is 1. The fourth-order valence-electron chi connectivity index (χ4n) is 4.09. The lowest BCUT2D eigenvalue weighted by Crippen LogP contribution is -2.04. The van der Waals surface area contributed by atoms with Gasteiger partial charge in [-0.2, -0.15) is 0 Å². The molecule has 0 aliphatic heterocycles. The minimum absolute atomic E-state index is 0.245. The van der Waals surface area contributed by atoms with Crippen LogP contribution in [0, 0.1) is 19.7 Å². The third-order valence-electron chi connectivity index (χ3n) is 5.92. The molecule has 0 bridgehead atoms. The van der Waals surface area contributed by atoms with Crippen LogP contribution in [0.25, 0.3) is 21.8 Å². The molecule has 0 aliphatic rings. The molecule has 5 aromatic rings. The summed E-state index contributed by atoms with van der Waals surface area (Å²) in [5.74, 6) is 0.539. The van der Waals surface area contributed by atoms with Gasteiger partial charge in [-0.1, -0.05) is 48.5 Å². The third kappa shape index (κ3) is 3.66. The van der Waals surface area contributed by atoms with Crippen LogP contribution in [-0.4, -0.2) is 9.55 Å². The van der Waals surface area contributed by atoms with Crippen molar-refractivity contribution in [3.8, 4) is 5.75 Å². The van der Waals surface area contributed by atoms with Gasteiger partial charge >= 0.3 is 0 Å². The van der Waals surface area contributed by atoms with Crippen molar-refractivity contribution in [2.75, 3.05) is 0 Å². The molecule has 0 spiro atoms.